The first kappa shape index (κ1) is 26.5. The summed E-state index contributed by atoms with van der Waals surface area (Å²) in [4.78, 5) is 27.4. The van der Waals surface area contributed by atoms with Gasteiger partial charge in [-0.3, -0.25) is 4.79 Å². The Morgan fingerprint density at radius 2 is 1.67 bits per heavy atom. The molecule has 8 heteroatoms. The van der Waals surface area contributed by atoms with E-state index in [1.54, 1.807) is 31.2 Å². The van der Waals surface area contributed by atoms with Crippen LogP contribution in [0, 0.1) is 23.7 Å². The van der Waals surface area contributed by atoms with E-state index in [0.717, 1.165) is 0 Å². The molecular formula is C34H34O8. The minimum atomic E-state index is -1.66. The lowest BCUT2D eigenvalue weighted by Crippen LogP contribution is -2.75. The molecule has 1 N–H and O–H groups in total. The van der Waals surface area contributed by atoms with Crippen LogP contribution >= 0.6 is 0 Å². The zero-order valence-corrected chi connectivity index (χ0v) is 24.0. The summed E-state index contributed by atoms with van der Waals surface area (Å²) in [6.45, 7) is 11.8. The molecule has 3 bridgehead atoms. The van der Waals surface area contributed by atoms with E-state index in [4.69, 9.17) is 23.7 Å². The van der Waals surface area contributed by atoms with Gasteiger partial charge in [0.15, 0.2) is 11.4 Å². The molecule has 2 saturated carbocycles. The topological polar surface area (TPSA) is 104 Å². The fraction of sp³-hybridized carbons (Fsp3) is 0.471. The van der Waals surface area contributed by atoms with Crippen molar-refractivity contribution >= 4 is 11.8 Å². The normalized spacial score (nSPS) is 47.5. The number of hydrogen-bond acceptors (Lipinski definition) is 8. The molecule has 12 atom stereocenters. The minimum Gasteiger partial charge on any atom is -0.455 e. The molecule has 2 aromatic carbocycles. The zero-order chi connectivity index (χ0) is 29.4. The summed E-state index contributed by atoms with van der Waals surface area (Å²) < 4.78 is 33.9. The molecule has 3 saturated heterocycles. The van der Waals surface area contributed by atoms with E-state index in [0.29, 0.717) is 22.3 Å². The molecule has 3 heterocycles. The summed E-state index contributed by atoms with van der Waals surface area (Å²) >= 11 is 0. The van der Waals surface area contributed by atoms with Crippen LogP contribution in [-0.4, -0.2) is 58.1 Å². The lowest BCUT2D eigenvalue weighted by molar-refractivity contribution is -0.437. The molecule has 3 aliphatic heterocycles. The molecule has 8 rings (SSSR count). The number of epoxide rings is 1. The molecule has 2 aromatic rings. The SMILES string of the molecule is C=C(C)[C@@]12O[C@@]3(c4ccccc4)O[C@@H]1[C@@H]1[C@@H]4O[C@]4(C)[C@@H](O)[C@@H]4C(=O)C(C)=C[C@@H]4[C@@]1(O3)[C@H](C)[C@@H]2OC(=O)c1ccccc1. The standard InChI is InChI=1S/C34H34O8/c1-17(2)32-27(38-30(37)20-12-8-6-9-13-20)19(4)33-22-16-18(3)25(35)23(22)26(36)31(5)28(39-31)24(33)29(32)40-34(41-32,42-33)21-14-10-7-11-15-21/h6-16,19,22-24,26-29,36H,1H2,2-5H3/t19-,22+,23+,24+,26+,27+,28+,29-,31-,32+,33+,34-/m1/s1. The summed E-state index contributed by atoms with van der Waals surface area (Å²) in [6, 6.07) is 18.2. The van der Waals surface area contributed by atoms with E-state index in [-0.39, 0.29) is 5.78 Å². The number of ketones is 1. The Morgan fingerprint density at radius 1 is 1.00 bits per heavy atom. The maximum Gasteiger partial charge on any atom is 0.338 e. The molecule has 0 radical (unpaired) electrons. The van der Waals surface area contributed by atoms with Crippen LogP contribution in [-0.2, 0) is 34.5 Å². The summed E-state index contributed by atoms with van der Waals surface area (Å²) in [5, 5.41) is 11.7. The van der Waals surface area contributed by atoms with Crippen LogP contribution in [0.25, 0.3) is 0 Å². The fourth-order valence-electron chi connectivity index (χ4n) is 8.94. The molecule has 3 aliphatic carbocycles. The summed E-state index contributed by atoms with van der Waals surface area (Å²) in [7, 11) is 0. The Labute approximate surface area is 244 Å². The molecule has 6 aliphatic rings. The van der Waals surface area contributed by atoms with Gasteiger partial charge in [0.05, 0.1) is 29.3 Å². The Morgan fingerprint density at radius 3 is 2.33 bits per heavy atom. The third-order valence-electron chi connectivity index (χ3n) is 11.0. The second-order valence-corrected chi connectivity index (χ2v) is 13.0. The molecule has 0 aromatic heterocycles. The summed E-state index contributed by atoms with van der Waals surface area (Å²) in [6.07, 6.45) is -1.20. The maximum absolute atomic E-state index is 13.7. The predicted molar refractivity (Wildman–Crippen MR) is 149 cm³/mol. The highest BCUT2D eigenvalue weighted by atomic mass is 16.9. The largest absolute Gasteiger partial charge is 0.455 e. The molecule has 218 valence electrons. The average molecular weight is 571 g/mol. The number of aliphatic hydroxyl groups excluding tert-OH is 1. The number of aliphatic hydroxyl groups is 1. The van der Waals surface area contributed by atoms with Crippen LogP contribution in [0.5, 0.6) is 0 Å². The zero-order valence-electron chi connectivity index (χ0n) is 24.0. The van der Waals surface area contributed by atoms with Gasteiger partial charge in [0.2, 0.25) is 0 Å². The van der Waals surface area contributed by atoms with Crippen LogP contribution in [0.1, 0.15) is 43.6 Å². The van der Waals surface area contributed by atoms with Crippen molar-refractivity contribution in [1.82, 2.24) is 0 Å². The predicted octanol–water partition coefficient (Wildman–Crippen LogP) is 4.08. The lowest BCUT2D eigenvalue weighted by atomic mass is 9.53. The second-order valence-electron chi connectivity index (χ2n) is 13.0. The van der Waals surface area contributed by atoms with Crippen molar-refractivity contribution in [3.05, 3.63) is 95.6 Å². The van der Waals surface area contributed by atoms with E-state index in [9.17, 15) is 14.7 Å². The van der Waals surface area contributed by atoms with Crippen molar-refractivity contribution in [2.24, 2.45) is 23.7 Å². The third-order valence-corrected chi connectivity index (χ3v) is 11.0. The van der Waals surface area contributed by atoms with E-state index in [1.165, 1.54) is 0 Å². The van der Waals surface area contributed by atoms with E-state index in [2.05, 4.69) is 6.58 Å². The smallest absolute Gasteiger partial charge is 0.338 e. The Bertz CT molecular complexity index is 1550. The van der Waals surface area contributed by atoms with Gasteiger partial charge in [-0.2, -0.15) is 0 Å². The molecule has 0 amide bonds. The number of carbonyl (C=O) groups excluding carboxylic acids is 2. The number of allylic oxidation sites excluding steroid dienone is 1. The van der Waals surface area contributed by atoms with Crippen LogP contribution in [0.15, 0.2) is 84.5 Å². The first-order valence-corrected chi connectivity index (χ1v) is 14.7. The van der Waals surface area contributed by atoms with E-state index < -0.39 is 76.8 Å². The van der Waals surface area contributed by atoms with Crippen LogP contribution in [0.4, 0.5) is 0 Å². The van der Waals surface area contributed by atoms with Gasteiger partial charge in [-0.25, -0.2) is 4.79 Å². The molecular weight excluding hydrogens is 536 g/mol. The monoisotopic (exact) mass is 570 g/mol. The van der Waals surface area contributed by atoms with Crippen molar-refractivity contribution in [1.29, 1.82) is 0 Å². The minimum absolute atomic E-state index is 0.128. The Hall–Kier alpha value is -3.14. The van der Waals surface area contributed by atoms with Crippen molar-refractivity contribution < 1.29 is 38.4 Å². The van der Waals surface area contributed by atoms with Gasteiger partial charge in [-0.15, -0.1) is 0 Å². The van der Waals surface area contributed by atoms with Crippen molar-refractivity contribution in [2.45, 2.75) is 74.9 Å². The highest BCUT2D eigenvalue weighted by Gasteiger charge is 2.88. The fourth-order valence-corrected chi connectivity index (χ4v) is 8.94. The van der Waals surface area contributed by atoms with E-state index in [1.807, 2.05) is 63.2 Å². The van der Waals surface area contributed by atoms with Crippen molar-refractivity contribution in [3.8, 4) is 0 Å². The maximum atomic E-state index is 13.7. The Balaban J connectivity index is 1.38. The van der Waals surface area contributed by atoms with Gasteiger partial charge >= 0.3 is 11.9 Å². The highest BCUT2D eigenvalue weighted by Crippen LogP contribution is 2.73. The molecule has 8 nitrogen and oxygen atoms in total. The van der Waals surface area contributed by atoms with Gasteiger partial charge in [0, 0.05) is 23.3 Å². The quantitative estimate of drug-likeness (QED) is 0.333. The average Bonchev–Trinajstić information content (AvgIpc) is 3.50. The van der Waals surface area contributed by atoms with Crippen molar-refractivity contribution in [2.75, 3.05) is 0 Å². The summed E-state index contributed by atoms with van der Waals surface area (Å²) in [5.41, 5.74) is -1.19. The van der Waals surface area contributed by atoms with Gasteiger partial charge in [-0.05, 0) is 44.1 Å². The molecule has 42 heavy (non-hydrogen) atoms. The number of benzene rings is 2. The number of Topliss-reactive ketones (excluding diaryl/α,β-unsaturated/α-hetero) is 1. The van der Waals surface area contributed by atoms with E-state index >= 15 is 0 Å². The van der Waals surface area contributed by atoms with Gasteiger partial charge in [-0.1, -0.05) is 68.1 Å². The lowest BCUT2D eigenvalue weighted by Gasteiger charge is -2.60. The number of hydrogen-bond donors (Lipinski definition) is 1. The van der Waals surface area contributed by atoms with Crippen LogP contribution in [0.3, 0.4) is 0 Å². The number of ether oxygens (including phenoxy) is 5. The van der Waals surface area contributed by atoms with Crippen LogP contribution < -0.4 is 0 Å². The van der Waals surface area contributed by atoms with Crippen LogP contribution in [0.2, 0.25) is 0 Å². The van der Waals surface area contributed by atoms with Crippen molar-refractivity contribution in [3.63, 3.8) is 0 Å². The highest BCUT2D eigenvalue weighted by molar-refractivity contribution is 6.00. The molecule has 0 spiro atoms. The first-order chi connectivity index (χ1) is 20.0. The number of carbonyl (C=O) groups is 2. The number of rotatable bonds is 4. The number of esters is 1. The van der Waals surface area contributed by atoms with Gasteiger partial charge in [0.25, 0.3) is 0 Å². The summed E-state index contributed by atoms with van der Waals surface area (Å²) in [5.74, 6) is -4.60. The Kier molecular flexibility index (Phi) is 5.22. The molecule has 5 fully saturated rings. The number of fused-ring (bicyclic) bond motifs is 3. The van der Waals surface area contributed by atoms with Gasteiger partial charge in [0.1, 0.15) is 17.8 Å². The van der Waals surface area contributed by atoms with Gasteiger partial charge < -0.3 is 28.8 Å². The third kappa shape index (κ3) is 2.95. The molecule has 0 unspecified atom stereocenters. The second kappa shape index (κ2) is 8.27. The first-order valence-electron chi connectivity index (χ1n) is 14.7.